The minimum atomic E-state index is -3.92. The van der Waals surface area contributed by atoms with Gasteiger partial charge in [0.1, 0.15) is 40.9 Å². The molecule has 54 heavy (non-hydrogen) atoms. The number of carbonyl (C=O) groups excluding carboxylic acids is 4. The molecule has 3 heterocycles. The van der Waals surface area contributed by atoms with Gasteiger partial charge in [-0.05, 0) is 82.5 Å². The number of hydrogen-bond donors (Lipinski definition) is 3. The smallest absolute Gasteiger partial charge is 0.408 e. The molecular formula is C37H50N6O10S. The summed E-state index contributed by atoms with van der Waals surface area (Å²) in [5.41, 5.74) is -2.39. The van der Waals surface area contributed by atoms with Crippen molar-refractivity contribution >= 4 is 50.4 Å². The average molecular weight is 771 g/mol. The summed E-state index contributed by atoms with van der Waals surface area (Å²) >= 11 is 0. The number of benzene rings is 1. The molecule has 0 bridgehead atoms. The lowest BCUT2D eigenvalue weighted by molar-refractivity contribution is -0.141. The van der Waals surface area contributed by atoms with Crippen LogP contribution in [0.5, 0.6) is 11.6 Å². The minimum Gasteiger partial charge on any atom is -0.497 e. The highest BCUT2D eigenvalue weighted by Crippen LogP contribution is 2.46. The summed E-state index contributed by atoms with van der Waals surface area (Å²) in [5, 5.41) is 6.38. The number of ether oxygens (including phenoxy) is 4. The number of pyridine rings is 1. The van der Waals surface area contributed by atoms with Gasteiger partial charge in [-0.25, -0.2) is 13.2 Å². The second-order valence-electron chi connectivity index (χ2n) is 15.5. The first-order valence-electron chi connectivity index (χ1n) is 18.2. The zero-order chi connectivity index (χ0) is 39.0. The van der Waals surface area contributed by atoms with Crippen molar-refractivity contribution in [2.45, 2.75) is 93.9 Å². The largest absolute Gasteiger partial charge is 0.497 e. The topological polar surface area (TPSA) is 195 Å². The van der Waals surface area contributed by atoms with Crippen molar-refractivity contribution in [3.63, 3.8) is 0 Å². The molecule has 2 aliphatic heterocycles. The predicted molar refractivity (Wildman–Crippen MR) is 199 cm³/mol. The van der Waals surface area contributed by atoms with Gasteiger partial charge in [-0.3, -0.25) is 19.1 Å². The van der Waals surface area contributed by atoms with Gasteiger partial charge in [0, 0.05) is 38.4 Å². The molecule has 5 atom stereocenters. The summed E-state index contributed by atoms with van der Waals surface area (Å²) in [6.45, 7) is 5.53. The highest BCUT2D eigenvalue weighted by Gasteiger charge is 2.62. The maximum absolute atomic E-state index is 14.5. The molecule has 1 saturated heterocycles. The Morgan fingerprint density at radius 1 is 1.13 bits per heavy atom. The third kappa shape index (κ3) is 8.83. The summed E-state index contributed by atoms with van der Waals surface area (Å²) in [7, 11) is 1.35. The number of aromatic nitrogens is 1. The molecular weight excluding hydrogens is 721 g/mol. The zero-order valence-electron chi connectivity index (χ0n) is 31.5. The van der Waals surface area contributed by atoms with Gasteiger partial charge in [0.15, 0.2) is 0 Å². The van der Waals surface area contributed by atoms with E-state index in [9.17, 15) is 27.6 Å². The molecule has 4 aliphatic rings. The fourth-order valence-corrected chi connectivity index (χ4v) is 8.17. The maximum Gasteiger partial charge on any atom is 0.408 e. The number of amides is 4. The molecule has 2 aromatic rings. The first-order valence-corrected chi connectivity index (χ1v) is 19.8. The molecule has 2 saturated carbocycles. The van der Waals surface area contributed by atoms with Crippen LogP contribution in [0, 0.1) is 5.92 Å². The van der Waals surface area contributed by atoms with Crippen molar-refractivity contribution in [1.29, 1.82) is 0 Å². The van der Waals surface area contributed by atoms with Crippen LogP contribution in [0.3, 0.4) is 0 Å². The van der Waals surface area contributed by atoms with E-state index in [1.54, 1.807) is 46.1 Å². The van der Waals surface area contributed by atoms with Gasteiger partial charge >= 0.3 is 6.09 Å². The molecule has 2 unspecified atom stereocenters. The van der Waals surface area contributed by atoms with Crippen molar-refractivity contribution in [1.82, 2.24) is 25.2 Å². The van der Waals surface area contributed by atoms with Crippen LogP contribution in [0.1, 0.15) is 59.3 Å². The lowest BCUT2D eigenvalue weighted by atomic mass is 10.1. The Bertz CT molecular complexity index is 1930. The molecule has 6 rings (SSSR count). The highest BCUT2D eigenvalue weighted by molar-refractivity contribution is 7.91. The number of sulfonamides is 1. The number of methoxy groups -OCH3 is 1. The minimum absolute atomic E-state index is 0.0178. The normalized spacial score (nSPS) is 27.0. The Morgan fingerprint density at radius 3 is 2.57 bits per heavy atom. The molecule has 3 N–H and O–H groups in total. The number of fused-ring (bicyclic) bond motifs is 3. The van der Waals surface area contributed by atoms with E-state index in [0.717, 1.165) is 5.39 Å². The predicted octanol–water partition coefficient (Wildman–Crippen LogP) is 2.40. The van der Waals surface area contributed by atoms with E-state index in [-0.39, 0.29) is 44.9 Å². The standard InChI is InChI=1S/C37H50N6O10S/c1-36(2,3)53-35(47)38-28-10-8-16-51-15-7-9-23-20-37(23,34(46)41-54(48,49)26-12-13-26)40-31(44)29-19-25(21-43(29)33(28)45)52-32-27-14-11-24(50-6)17-22(27)18-30(39-32)42(4)5/h7,9,11,14,17-18,23,25-26,28-29H,8,10,12-13,15-16,19-21H2,1-6H3,(H,38,47)(H,40,44)(H,41,46)/b9-7-/t23?,25?,28-,29-,37+/m0/s1. The van der Waals surface area contributed by atoms with Crippen LogP contribution in [-0.2, 0) is 33.9 Å². The van der Waals surface area contributed by atoms with Gasteiger partial charge in [-0.15, -0.1) is 0 Å². The van der Waals surface area contributed by atoms with Gasteiger partial charge in [0.25, 0.3) is 5.91 Å². The van der Waals surface area contributed by atoms with E-state index in [2.05, 4.69) is 15.4 Å². The monoisotopic (exact) mass is 770 g/mol. The molecule has 0 radical (unpaired) electrons. The van der Waals surface area contributed by atoms with E-state index in [1.165, 1.54) is 4.90 Å². The van der Waals surface area contributed by atoms with Gasteiger partial charge < -0.3 is 39.4 Å². The Balaban J connectivity index is 1.34. The van der Waals surface area contributed by atoms with Crippen molar-refractivity contribution in [2.24, 2.45) is 5.92 Å². The van der Waals surface area contributed by atoms with Gasteiger partial charge in [0.2, 0.25) is 27.7 Å². The molecule has 16 nitrogen and oxygen atoms in total. The summed E-state index contributed by atoms with van der Waals surface area (Å²) < 4.78 is 51.0. The van der Waals surface area contributed by atoms with Crippen LogP contribution in [0.4, 0.5) is 10.6 Å². The van der Waals surface area contributed by atoms with Crippen LogP contribution in [0.2, 0.25) is 0 Å². The van der Waals surface area contributed by atoms with Crippen molar-refractivity contribution < 1.29 is 46.5 Å². The van der Waals surface area contributed by atoms with Crippen LogP contribution >= 0.6 is 0 Å². The van der Waals surface area contributed by atoms with Crippen molar-refractivity contribution in [2.75, 3.05) is 45.9 Å². The number of alkyl carbamates (subject to hydrolysis) is 1. The fourth-order valence-electron chi connectivity index (χ4n) is 6.80. The third-order valence-corrected chi connectivity index (χ3v) is 11.7. The molecule has 294 valence electrons. The summed E-state index contributed by atoms with van der Waals surface area (Å²) in [6.07, 6.45) is 3.60. The number of nitrogens with one attached hydrogen (secondary N) is 3. The molecule has 1 aromatic carbocycles. The quantitative estimate of drug-likeness (QED) is 0.333. The number of anilines is 1. The van der Waals surface area contributed by atoms with E-state index in [1.807, 2.05) is 37.2 Å². The Hall–Kier alpha value is -4.64. The van der Waals surface area contributed by atoms with Crippen molar-refractivity contribution in [3.8, 4) is 11.6 Å². The second kappa shape index (κ2) is 15.2. The Kier molecular flexibility index (Phi) is 11.0. The van der Waals surface area contributed by atoms with Crippen LogP contribution in [-0.4, -0.2) is 118 Å². The highest BCUT2D eigenvalue weighted by atomic mass is 32.2. The van der Waals surface area contributed by atoms with Crippen LogP contribution in [0.15, 0.2) is 36.4 Å². The fraction of sp³-hybridized carbons (Fsp3) is 0.595. The van der Waals surface area contributed by atoms with Crippen LogP contribution < -0.4 is 29.7 Å². The van der Waals surface area contributed by atoms with Gasteiger partial charge in [0.05, 0.1) is 25.5 Å². The number of hydrogen-bond acceptors (Lipinski definition) is 12. The lowest BCUT2D eigenvalue weighted by Crippen LogP contribution is -2.58. The average Bonchev–Trinajstić information content (AvgIpc) is 4.02. The van der Waals surface area contributed by atoms with E-state index in [0.29, 0.717) is 36.2 Å². The lowest BCUT2D eigenvalue weighted by Gasteiger charge is -2.30. The summed E-state index contributed by atoms with van der Waals surface area (Å²) in [4.78, 5) is 63.5. The van der Waals surface area contributed by atoms with E-state index < -0.39 is 74.3 Å². The molecule has 1 aromatic heterocycles. The third-order valence-electron chi connectivity index (χ3n) is 9.89. The molecule has 2 aliphatic carbocycles. The molecule has 4 amide bonds. The summed E-state index contributed by atoms with van der Waals surface area (Å²) in [5.74, 6) is -1.01. The maximum atomic E-state index is 14.5. The van der Waals surface area contributed by atoms with Gasteiger partial charge in [-0.1, -0.05) is 12.2 Å². The zero-order valence-corrected chi connectivity index (χ0v) is 32.4. The number of nitrogens with zero attached hydrogens (tertiary/aromatic N) is 3. The molecule has 17 heteroatoms. The molecule has 3 fully saturated rings. The Morgan fingerprint density at radius 2 is 1.89 bits per heavy atom. The van der Waals surface area contributed by atoms with Crippen LogP contribution in [0.25, 0.3) is 10.8 Å². The first-order chi connectivity index (χ1) is 25.5. The van der Waals surface area contributed by atoms with Crippen molar-refractivity contribution in [3.05, 3.63) is 36.4 Å². The summed E-state index contributed by atoms with van der Waals surface area (Å²) in [6, 6.07) is 5.13. The molecule has 0 spiro atoms. The second-order valence-corrected chi connectivity index (χ2v) is 17.5. The Labute approximate surface area is 315 Å². The number of rotatable bonds is 8. The van der Waals surface area contributed by atoms with Gasteiger partial charge in [-0.2, -0.15) is 4.98 Å². The van der Waals surface area contributed by atoms with E-state index in [4.69, 9.17) is 23.9 Å². The number of carbonyl (C=O) groups is 4. The van der Waals surface area contributed by atoms with E-state index >= 15 is 0 Å². The SMILES string of the molecule is COc1ccc2c(OC3C[C@H]4C(=O)N[C@]5(C(=O)NS(=O)(=O)C6CC6)CC5/C=C\COCCC[C@H](NC(=O)OC(C)(C)C)C(=O)N4C3)nc(N(C)C)cc2c1. The first kappa shape index (κ1) is 39.1.